The second kappa shape index (κ2) is 11.4. The van der Waals surface area contributed by atoms with Gasteiger partial charge < -0.3 is 19.9 Å². The van der Waals surface area contributed by atoms with Crippen molar-refractivity contribution in [1.82, 2.24) is 15.2 Å². The van der Waals surface area contributed by atoms with E-state index in [1.807, 2.05) is 5.38 Å². The number of rotatable bonds is 8. The number of amidine groups is 1. The van der Waals surface area contributed by atoms with Crippen LogP contribution in [0.5, 0.6) is 0 Å². The van der Waals surface area contributed by atoms with Gasteiger partial charge in [0.05, 0.1) is 30.8 Å². The maximum Gasteiger partial charge on any atom is 0.338 e. The van der Waals surface area contributed by atoms with Crippen molar-refractivity contribution >= 4 is 45.0 Å². The number of ether oxygens (including phenoxy) is 2. The Kier molecular flexibility index (Phi) is 8.42. The minimum atomic E-state index is -0.933. The zero-order valence-corrected chi connectivity index (χ0v) is 23.1. The zero-order valence-electron chi connectivity index (χ0n) is 20.7. The fraction of sp³-hybridized carbons (Fsp3) is 0.440. The third-order valence-electron chi connectivity index (χ3n) is 6.34. The topological polar surface area (TPSA) is 113 Å². The van der Waals surface area contributed by atoms with Crippen LogP contribution in [0.3, 0.4) is 0 Å². The van der Waals surface area contributed by atoms with Crippen molar-refractivity contribution in [2.45, 2.75) is 32.4 Å². The SMILES string of the molecule is COC(=O)C1=C(CN2CCOC(CC(C)(C)C(=O)O)C2)NC(c2nccs2)=N[C@H]1c1ccc(F)cc1Br. The molecular weight excluding hydrogens is 567 g/mol. The van der Waals surface area contributed by atoms with Crippen molar-refractivity contribution in [3.05, 3.63) is 61.9 Å². The molecule has 198 valence electrons. The van der Waals surface area contributed by atoms with Gasteiger partial charge in [-0.15, -0.1) is 11.3 Å². The molecule has 0 amide bonds. The van der Waals surface area contributed by atoms with Gasteiger partial charge in [-0.3, -0.25) is 14.7 Å². The first kappa shape index (κ1) is 27.4. The first-order chi connectivity index (χ1) is 17.6. The molecule has 12 heteroatoms. The summed E-state index contributed by atoms with van der Waals surface area (Å²) in [6.07, 6.45) is 1.74. The van der Waals surface area contributed by atoms with E-state index >= 15 is 0 Å². The number of carboxylic acid groups (broad SMARTS) is 1. The number of aromatic nitrogens is 1. The predicted molar refractivity (Wildman–Crippen MR) is 140 cm³/mol. The molecule has 2 atom stereocenters. The average Bonchev–Trinajstić information content (AvgIpc) is 3.38. The van der Waals surface area contributed by atoms with E-state index in [0.717, 1.165) is 0 Å². The molecule has 2 aromatic rings. The lowest BCUT2D eigenvalue weighted by Crippen LogP contribution is -2.48. The van der Waals surface area contributed by atoms with Crippen LogP contribution in [0.15, 0.2) is 50.5 Å². The van der Waals surface area contributed by atoms with Gasteiger partial charge in [-0.2, -0.15) is 0 Å². The number of aliphatic imine (C=N–C) groups is 1. The molecule has 37 heavy (non-hydrogen) atoms. The van der Waals surface area contributed by atoms with Gasteiger partial charge in [0.15, 0.2) is 10.8 Å². The average molecular weight is 595 g/mol. The van der Waals surface area contributed by atoms with Gasteiger partial charge in [-0.1, -0.05) is 22.0 Å². The summed E-state index contributed by atoms with van der Waals surface area (Å²) < 4.78 is 25.4. The number of aliphatic carboxylic acids is 1. The fourth-order valence-corrected chi connectivity index (χ4v) is 5.55. The monoisotopic (exact) mass is 594 g/mol. The van der Waals surface area contributed by atoms with Gasteiger partial charge in [0.2, 0.25) is 0 Å². The first-order valence-corrected chi connectivity index (χ1v) is 13.3. The largest absolute Gasteiger partial charge is 0.481 e. The molecule has 0 radical (unpaired) electrons. The number of esters is 1. The molecule has 9 nitrogen and oxygen atoms in total. The van der Waals surface area contributed by atoms with Crippen LogP contribution in [-0.2, 0) is 19.1 Å². The molecule has 1 aromatic heterocycles. The Bertz CT molecular complexity index is 1230. The number of nitrogens with one attached hydrogen (secondary N) is 1. The van der Waals surface area contributed by atoms with E-state index in [-0.39, 0.29) is 6.10 Å². The number of carbonyl (C=O) groups is 2. The lowest BCUT2D eigenvalue weighted by Gasteiger charge is -2.37. The van der Waals surface area contributed by atoms with Gasteiger partial charge in [-0.05, 0) is 38.0 Å². The molecule has 2 aliphatic rings. The van der Waals surface area contributed by atoms with E-state index in [1.165, 1.54) is 30.6 Å². The molecule has 0 saturated carbocycles. The Morgan fingerprint density at radius 1 is 1.41 bits per heavy atom. The molecule has 4 rings (SSSR count). The number of methoxy groups -OCH3 is 1. The van der Waals surface area contributed by atoms with E-state index < -0.39 is 29.2 Å². The Balaban J connectivity index is 1.70. The quantitative estimate of drug-likeness (QED) is 0.444. The number of carbonyl (C=O) groups excluding carboxylic acids is 1. The highest BCUT2D eigenvalue weighted by atomic mass is 79.9. The van der Waals surface area contributed by atoms with Gasteiger partial charge in [0, 0.05) is 41.4 Å². The van der Waals surface area contributed by atoms with Crippen LogP contribution in [0.1, 0.15) is 36.9 Å². The minimum Gasteiger partial charge on any atom is -0.481 e. The van der Waals surface area contributed by atoms with Crippen molar-refractivity contribution in [1.29, 1.82) is 0 Å². The molecule has 0 spiro atoms. The highest BCUT2D eigenvalue weighted by molar-refractivity contribution is 9.10. The summed E-state index contributed by atoms with van der Waals surface area (Å²) in [6, 6.07) is 3.49. The molecule has 1 saturated heterocycles. The molecule has 2 N–H and O–H groups in total. The summed E-state index contributed by atoms with van der Waals surface area (Å²) in [5, 5.41) is 15.3. The smallest absolute Gasteiger partial charge is 0.338 e. The van der Waals surface area contributed by atoms with Crippen LogP contribution in [-0.4, -0.2) is 72.2 Å². The van der Waals surface area contributed by atoms with E-state index in [2.05, 4.69) is 31.1 Å². The Labute approximate surface area is 226 Å². The van der Waals surface area contributed by atoms with E-state index in [4.69, 9.17) is 14.5 Å². The fourth-order valence-electron chi connectivity index (χ4n) is 4.40. The molecule has 0 bridgehead atoms. The number of thiazole rings is 1. The second-order valence-corrected chi connectivity index (χ2v) is 11.3. The van der Waals surface area contributed by atoms with Crippen LogP contribution in [0.2, 0.25) is 0 Å². The number of carboxylic acids is 1. The van der Waals surface area contributed by atoms with Crippen molar-refractivity contribution < 1.29 is 28.6 Å². The second-order valence-electron chi connectivity index (χ2n) is 9.51. The third-order valence-corrected chi connectivity index (χ3v) is 7.81. The Morgan fingerprint density at radius 2 is 2.19 bits per heavy atom. The number of hydrogen-bond acceptors (Lipinski definition) is 9. The molecule has 3 heterocycles. The van der Waals surface area contributed by atoms with Crippen molar-refractivity contribution in [2.75, 3.05) is 33.4 Å². The summed E-state index contributed by atoms with van der Waals surface area (Å²) in [6.45, 7) is 5.22. The van der Waals surface area contributed by atoms with E-state index in [1.54, 1.807) is 26.1 Å². The number of morpholine rings is 1. The standard InChI is InChI=1S/C25H28BrFN4O5S/c1-25(2,24(33)34)11-15-12-31(7-8-36-15)13-18-19(23(32)35-3)20(16-5-4-14(27)10-17(16)26)30-21(29-18)22-28-6-9-37-22/h4-6,9-10,15,20H,7-8,11-13H2,1-3H3,(H,29,30)(H,33,34)/t15?,20-/m0/s1. The molecule has 1 unspecified atom stereocenters. The first-order valence-electron chi connectivity index (χ1n) is 11.7. The normalized spacial score (nSPS) is 20.8. The van der Waals surface area contributed by atoms with Crippen LogP contribution >= 0.6 is 27.3 Å². The van der Waals surface area contributed by atoms with Crippen LogP contribution in [0, 0.1) is 11.2 Å². The van der Waals surface area contributed by atoms with Crippen LogP contribution < -0.4 is 5.32 Å². The van der Waals surface area contributed by atoms with Gasteiger partial charge in [0.25, 0.3) is 0 Å². The summed E-state index contributed by atoms with van der Waals surface area (Å²) in [4.78, 5) is 36.0. The maximum atomic E-state index is 13.9. The Hall–Kier alpha value is -2.67. The van der Waals surface area contributed by atoms with Crippen LogP contribution in [0.4, 0.5) is 4.39 Å². The van der Waals surface area contributed by atoms with Crippen LogP contribution in [0.25, 0.3) is 0 Å². The van der Waals surface area contributed by atoms with Gasteiger partial charge >= 0.3 is 11.9 Å². The van der Waals surface area contributed by atoms with Crippen molar-refractivity contribution in [3.8, 4) is 0 Å². The molecule has 1 fully saturated rings. The number of hydrogen-bond donors (Lipinski definition) is 2. The number of nitrogens with zero attached hydrogens (tertiary/aromatic N) is 3. The summed E-state index contributed by atoms with van der Waals surface area (Å²) in [5.74, 6) is -1.35. The van der Waals surface area contributed by atoms with E-state index in [0.29, 0.717) is 64.8 Å². The lowest BCUT2D eigenvalue weighted by molar-refractivity contribution is -0.150. The molecule has 2 aliphatic heterocycles. The highest BCUT2D eigenvalue weighted by Gasteiger charge is 2.37. The number of benzene rings is 1. The molecule has 1 aromatic carbocycles. The van der Waals surface area contributed by atoms with Crippen molar-refractivity contribution in [3.63, 3.8) is 0 Å². The summed E-state index contributed by atoms with van der Waals surface area (Å²) in [7, 11) is 1.31. The molecule has 0 aliphatic carbocycles. The van der Waals surface area contributed by atoms with Gasteiger partial charge in [0.1, 0.15) is 11.9 Å². The minimum absolute atomic E-state index is 0.278. The predicted octanol–water partition coefficient (Wildman–Crippen LogP) is 3.76. The number of halogens is 2. The molecular formula is C25H28BrFN4O5S. The third kappa shape index (κ3) is 6.25. The summed E-state index contributed by atoms with van der Waals surface area (Å²) in [5.41, 5.74) is 0.575. The summed E-state index contributed by atoms with van der Waals surface area (Å²) >= 11 is 4.83. The van der Waals surface area contributed by atoms with Gasteiger partial charge in [-0.25, -0.2) is 14.2 Å². The maximum absolute atomic E-state index is 13.9. The Morgan fingerprint density at radius 3 is 2.84 bits per heavy atom. The zero-order chi connectivity index (χ0) is 26.7. The van der Waals surface area contributed by atoms with Crippen molar-refractivity contribution in [2.24, 2.45) is 10.4 Å². The highest BCUT2D eigenvalue weighted by Crippen LogP contribution is 2.37. The lowest BCUT2D eigenvalue weighted by atomic mass is 9.86. The van der Waals surface area contributed by atoms with E-state index in [9.17, 15) is 19.1 Å².